The number of aliphatic carboxylic acids is 2. The number of benzene rings is 1. The summed E-state index contributed by atoms with van der Waals surface area (Å²) in [5.74, 6) is -5.53. The van der Waals surface area contributed by atoms with Crippen LogP contribution in [0.1, 0.15) is 15.9 Å². The summed E-state index contributed by atoms with van der Waals surface area (Å²) in [7, 11) is 0. The number of hydrogen-bond donors (Lipinski definition) is 4. The van der Waals surface area contributed by atoms with E-state index in [0.717, 1.165) is 5.56 Å². The standard InChI is InChI=1S/C12H12O7/c1-6-2-4-7(5-3-6)8(13)12(19,11(17)18)9(14)10(15)16/h2-5,9,14,19H,1H3,(H,15,16)(H,17,18)/t9-,12+/m1/s1. The lowest BCUT2D eigenvalue weighted by Gasteiger charge is -2.24. The van der Waals surface area contributed by atoms with Crippen molar-refractivity contribution >= 4 is 17.7 Å². The van der Waals surface area contributed by atoms with Gasteiger partial charge >= 0.3 is 11.9 Å². The zero-order chi connectivity index (χ0) is 14.8. The molecule has 0 aliphatic rings. The molecule has 0 bridgehead atoms. The van der Waals surface area contributed by atoms with Crippen LogP contribution in [-0.2, 0) is 9.59 Å². The van der Waals surface area contributed by atoms with Gasteiger partial charge in [0.2, 0.25) is 5.78 Å². The van der Waals surface area contributed by atoms with Crippen LogP contribution in [-0.4, -0.2) is 49.9 Å². The Kier molecular flexibility index (Phi) is 4.03. The van der Waals surface area contributed by atoms with E-state index in [-0.39, 0.29) is 5.56 Å². The molecule has 1 rings (SSSR count). The molecule has 0 fully saturated rings. The molecule has 7 nitrogen and oxygen atoms in total. The van der Waals surface area contributed by atoms with Crippen LogP contribution >= 0.6 is 0 Å². The number of aliphatic hydroxyl groups is 2. The molecule has 0 aromatic heterocycles. The predicted octanol–water partition coefficient (Wildman–Crippen LogP) is -0.561. The Bertz CT molecular complexity index is 519. The summed E-state index contributed by atoms with van der Waals surface area (Å²) in [5.41, 5.74) is -2.86. The summed E-state index contributed by atoms with van der Waals surface area (Å²) in [6.45, 7) is 1.73. The quantitative estimate of drug-likeness (QED) is 0.415. The van der Waals surface area contributed by atoms with E-state index < -0.39 is 29.4 Å². The minimum absolute atomic E-state index is 0.212. The lowest BCUT2D eigenvalue weighted by molar-refractivity contribution is -0.175. The molecule has 0 heterocycles. The summed E-state index contributed by atoms with van der Waals surface area (Å²) in [6.07, 6.45) is -2.76. The average Bonchev–Trinajstić information content (AvgIpc) is 2.36. The third-order valence-corrected chi connectivity index (χ3v) is 2.62. The van der Waals surface area contributed by atoms with Gasteiger partial charge in [0.1, 0.15) is 0 Å². The van der Waals surface area contributed by atoms with Crippen molar-refractivity contribution in [3.8, 4) is 0 Å². The first-order chi connectivity index (χ1) is 8.71. The number of carbonyl (C=O) groups excluding carboxylic acids is 1. The monoisotopic (exact) mass is 268 g/mol. The fourth-order valence-corrected chi connectivity index (χ4v) is 1.44. The highest BCUT2D eigenvalue weighted by molar-refractivity contribution is 6.17. The summed E-state index contributed by atoms with van der Waals surface area (Å²) < 4.78 is 0. The van der Waals surface area contributed by atoms with Crippen molar-refractivity contribution in [3.63, 3.8) is 0 Å². The van der Waals surface area contributed by atoms with E-state index in [2.05, 4.69) is 0 Å². The first kappa shape index (κ1) is 14.8. The molecule has 2 atom stereocenters. The highest BCUT2D eigenvalue weighted by Gasteiger charge is 2.54. The van der Waals surface area contributed by atoms with Crippen molar-refractivity contribution in [2.75, 3.05) is 0 Å². The Morgan fingerprint density at radius 1 is 1.11 bits per heavy atom. The normalized spacial score (nSPS) is 15.3. The molecular formula is C12H12O7. The molecule has 1 aromatic carbocycles. The molecule has 0 spiro atoms. The highest BCUT2D eigenvalue weighted by Crippen LogP contribution is 2.19. The van der Waals surface area contributed by atoms with Gasteiger partial charge in [-0.2, -0.15) is 0 Å². The number of ketones is 1. The zero-order valence-corrected chi connectivity index (χ0v) is 9.90. The van der Waals surface area contributed by atoms with Crippen molar-refractivity contribution in [1.29, 1.82) is 0 Å². The van der Waals surface area contributed by atoms with E-state index in [4.69, 9.17) is 10.2 Å². The summed E-state index contributed by atoms with van der Waals surface area (Å²) >= 11 is 0. The van der Waals surface area contributed by atoms with Crippen molar-refractivity contribution in [2.24, 2.45) is 0 Å². The average molecular weight is 268 g/mol. The van der Waals surface area contributed by atoms with Crippen molar-refractivity contribution < 1.29 is 34.8 Å². The number of carboxylic acids is 2. The summed E-state index contributed by atoms with van der Waals surface area (Å²) in [6, 6.07) is 5.45. The molecule has 102 valence electrons. The van der Waals surface area contributed by atoms with Gasteiger partial charge in [0.05, 0.1) is 0 Å². The Morgan fingerprint density at radius 2 is 1.58 bits per heavy atom. The SMILES string of the molecule is Cc1ccc(C(=O)[C@@](O)(C(=O)O)[C@H](O)C(=O)O)cc1. The number of aryl methyl sites for hydroxylation is 1. The third kappa shape index (κ3) is 2.61. The second kappa shape index (κ2) is 5.17. The lowest BCUT2D eigenvalue weighted by Crippen LogP contribution is -2.58. The zero-order valence-electron chi connectivity index (χ0n) is 9.90. The van der Waals surface area contributed by atoms with E-state index in [0.29, 0.717) is 0 Å². The molecule has 1 aromatic rings. The molecule has 4 N–H and O–H groups in total. The van der Waals surface area contributed by atoms with Crippen LogP contribution < -0.4 is 0 Å². The Labute approximate surface area is 107 Å². The van der Waals surface area contributed by atoms with Gasteiger partial charge in [0, 0.05) is 5.56 Å². The molecule has 0 aliphatic carbocycles. The van der Waals surface area contributed by atoms with Crippen LogP contribution in [0, 0.1) is 6.92 Å². The van der Waals surface area contributed by atoms with E-state index in [9.17, 15) is 24.6 Å². The molecular weight excluding hydrogens is 256 g/mol. The lowest BCUT2D eigenvalue weighted by atomic mass is 9.87. The maximum atomic E-state index is 11.9. The van der Waals surface area contributed by atoms with E-state index in [1.807, 2.05) is 0 Å². The number of rotatable bonds is 5. The number of carbonyl (C=O) groups is 3. The van der Waals surface area contributed by atoms with Crippen molar-refractivity contribution in [3.05, 3.63) is 35.4 Å². The van der Waals surface area contributed by atoms with Crippen LogP contribution in [0.15, 0.2) is 24.3 Å². The molecule has 7 heteroatoms. The Morgan fingerprint density at radius 3 is 1.95 bits per heavy atom. The molecule has 0 aliphatic heterocycles. The largest absolute Gasteiger partial charge is 0.479 e. The molecule has 0 amide bonds. The summed E-state index contributed by atoms with van der Waals surface area (Å²) in [5, 5.41) is 36.4. The summed E-state index contributed by atoms with van der Waals surface area (Å²) in [4.78, 5) is 33.5. The van der Waals surface area contributed by atoms with Gasteiger partial charge in [-0.05, 0) is 6.92 Å². The number of aliphatic hydroxyl groups excluding tert-OH is 1. The van der Waals surface area contributed by atoms with E-state index in [1.165, 1.54) is 24.3 Å². The maximum absolute atomic E-state index is 11.9. The second-order valence-corrected chi connectivity index (χ2v) is 4.01. The number of carboxylic acid groups (broad SMARTS) is 2. The number of hydrogen-bond acceptors (Lipinski definition) is 5. The molecule has 0 unspecified atom stereocenters. The van der Waals surface area contributed by atoms with Gasteiger partial charge in [-0.3, -0.25) is 4.79 Å². The van der Waals surface area contributed by atoms with Gasteiger partial charge in [-0.25, -0.2) is 9.59 Å². The minimum Gasteiger partial charge on any atom is -0.479 e. The molecule has 0 saturated heterocycles. The molecule has 19 heavy (non-hydrogen) atoms. The van der Waals surface area contributed by atoms with Gasteiger partial charge in [-0.1, -0.05) is 29.8 Å². The Hall–Kier alpha value is -2.25. The van der Waals surface area contributed by atoms with Crippen LogP contribution in [0.3, 0.4) is 0 Å². The highest BCUT2D eigenvalue weighted by atomic mass is 16.4. The van der Waals surface area contributed by atoms with Crippen LogP contribution in [0.5, 0.6) is 0 Å². The number of Topliss-reactive ketones (excluding diaryl/α,β-unsaturated/α-hetero) is 1. The van der Waals surface area contributed by atoms with Crippen LogP contribution in [0.4, 0.5) is 0 Å². The molecule has 0 saturated carbocycles. The fourth-order valence-electron chi connectivity index (χ4n) is 1.44. The van der Waals surface area contributed by atoms with Gasteiger partial charge < -0.3 is 20.4 Å². The third-order valence-electron chi connectivity index (χ3n) is 2.62. The first-order valence-electron chi connectivity index (χ1n) is 5.19. The van der Waals surface area contributed by atoms with Gasteiger partial charge in [0.25, 0.3) is 5.60 Å². The minimum atomic E-state index is -3.43. The molecule has 0 radical (unpaired) electrons. The topological polar surface area (TPSA) is 132 Å². The van der Waals surface area contributed by atoms with Crippen LogP contribution in [0.25, 0.3) is 0 Å². The maximum Gasteiger partial charge on any atom is 0.347 e. The smallest absolute Gasteiger partial charge is 0.347 e. The van der Waals surface area contributed by atoms with Gasteiger partial charge in [-0.15, -0.1) is 0 Å². The van der Waals surface area contributed by atoms with Crippen molar-refractivity contribution in [1.82, 2.24) is 0 Å². The van der Waals surface area contributed by atoms with Gasteiger partial charge in [0.15, 0.2) is 6.10 Å². The Balaban J connectivity index is 3.27. The first-order valence-corrected chi connectivity index (χ1v) is 5.19. The fraction of sp³-hybridized carbons (Fsp3) is 0.250. The van der Waals surface area contributed by atoms with E-state index in [1.54, 1.807) is 6.92 Å². The predicted molar refractivity (Wildman–Crippen MR) is 61.7 cm³/mol. The van der Waals surface area contributed by atoms with E-state index >= 15 is 0 Å². The van der Waals surface area contributed by atoms with Crippen molar-refractivity contribution in [2.45, 2.75) is 18.6 Å². The second-order valence-electron chi connectivity index (χ2n) is 4.01. The van der Waals surface area contributed by atoms with Crippen LogP contribution in [0.2, 0.25) is 0 Å².